The second-order valence-corrected chi connectivity index (χ2v) is 9.42. The molecule has 1 saturated carbocycles. The molecule has 1 nitrogen and oxygen atoms in total. The Hall–Kier alpha value is -2.81. The first kappa shape index (κ1) is 29.4. The van der Waals surface area contributed by atoms with E-state index in [1.54, 1.807) is 23.3 Å². The summed E-state index contributed by atoms with van der Waals surface area (Å²) in [7, 11) is 0. The van der Waals surface area contributed by atoms with E-state index in [0.717, 1.165) is 23.6 Å². The van der Waals surface area contributed by atoms with E-state index < -0.39 is 12.3 Å². The van der Waals surface area contributed by atoms with E-state index in [9.17, 15) is 8.78 Å². The fraction of sp³-hybridized carbons (Fsp3) is 0.424. The molecule has 1 heterocycles. The third kappa shape index (κ3) is 9.33. The van der Waals surface area contributed by atoms with Gasteiger partial charge in [0, 0.05) is 17.3 Å². The number of benzene rings is 2. The highest BCUT2D eigenvalue weighted by molar-refractivity contribution is 5.59. The molecule has 2 aliphatic carbocycles. The monoisotopic (exact) mass is 491 g/mol. The van der Waals surface area contributed by atoms with Gasteiger partial charge in [-0.25, -0.2) is 8.78 Å². The molecule has 2 aromatic carbocycles. The predicted molar refractivity (Wildman–Crippen MR) is 151 cm³/mol. The van der Waals surface area contributed by atoms with E-state index in [2.05, 4.69) is 43.6 Å². The molecule has 36 heavy (non-hydrogen) atoms. The van der Waals surface area contributed by atoms with Crippen molar-refractivity contribution in [3.63, 3.8) is 0 Å². The number of rotatable bonds is 7. The Morgan fingerprint density at radius 1 is 0.972 bits per heavy atom. The summed E-state index contributed by atoms with van der Waals surface area (Å²) in [5.74, 6) is 0.898. The standard InChI is InChI=1S/C16H17F2N.C10H12.C5H8.C2H6/c1-3-12-4-6-13(7-5-12)15-9-8-14(10-19-15)16(2,18)11-17;1-2-3-8-4-5-9-7-10(9)6-8;1-2-5-3-4-5;1-2/h4-10H,3,11H2,1-2H3;4-6H,2-3,7H2,1H3;2,5H,1,3-4H2;1-2H3. The van der Waals surface area contributed by atoms with Crippen LogP contribution in [0.4, 0.5) is 8.78 Å². The number of hydrogen-bond donors (Lipinski definition) is 0. The molecule has 1 fully saturated rings. The van der Waals surface area contributed by atoms with Crippen LogP contribution in [0.1, 0.15) is 81.7 Å². The van der Waals surface area contributed by atoms with Gasteiger partial charge in [-0.2, -0.15) is 0 Å². The minimum Gasteiger partial charge on any atom is -0.256 e. The van der Waals surface area contributed by atoms with Crippen molar-refractivity contribution in [3.8, 4) is 11.3 Å². The largest absolute Gasteiger partial charge is 0.256 e. The molecule has 0 bridgehead atoms. The average molecular weight is 492 g/mol. The Bertz CT molecular complexity index is 1050. The molecule has 2 aliphatic rings. The summed E-state index contributed by atoms with van der Waals surface area (Å²) in [5.41, 5.74) is 5.95. The van der Waals surface area contributed by atoms with Gasteiger partial charge in [0.15, 0.2) is 5.67 Å². The van der Waals surface area contributed by atoms with Gasteiger partial charge in [0.1, 0.15) is 6.67 Å². The zero-order valence-electron chi connectivity index (χ0n) is 22.8. The Morgan fingerprint density at radius 3 is 2.08 bits per heavy atom. The van der Waals surface area contributed by atoms with Gasteiger partial charge in [0.2, 0.25) is 0 Å². The summed E-state index contributed by atoms with van der Waals surface area (Å²) < 4.78 is 26.3. The molecule has 5 rings (SSSR count). The number of alkyl halides is 2. The molecular weight excluding hydrogens is 448 g/mol. The van der Waals surface area contributed by atoms with Gasteiger partial charge in [0.25, 0.3) is 0 Å². The molecule has 0 amide bonds. The highest BCUT2D eigenvalue weighted by atomic mass is 19.2. The quantitative estimate of drug-likeness (QED) is 0.234. The molecular formula is C33H43F2N. The zero-order chi connectivity index (χ0) is 26.6. The Labute approximate surface area is 217 Å². The van der Waals surface area contributed by atoms with Crippen LogP contribution in [0.25, 0.3) is 11.3 Å². The third-order valence-corrected chi connectivity index (χ3v) is 6.29. The lowest BCUT2D eigenvalue weighted by Gasteiger charge is -2.16. The normalized spacial score (nSPS) is 14.3. The van der Waals surface area contributed by atoms with E-state index >= 15 is 0 Å². The fourth-order valence-corrected chi connectivity index (χ4v) is 3.59. The number of halogens is 2. The van der Waals surface area contributed by atoms with Crippen molar-refractivity contribution in [2.24, 2.45) is 5.92 Å². The number of aryl methyl sites for hydroxylation is 2. The summed E-state index contributed by atoms with van der Waals surface area (Å²) in [6, 6.07) is 18.3. The Morgan fingerprint density at radius 2 is 1.64 bits per heavy atom. The van der Waals surface area contributed by atoms with Gasteiger partial charge < -0.3 is 0 Å². The maximum atomic E-state index is 13.8. The van der Waals surface area contributed by atoms with Crippen LogP contribution in [0.2, 0.25) is 0 Å². The van der Waals surface area contributed by atoms with Crippen LogP contribution in [0.3, 0.4) is 0 Å². The first-order chi connectivity index (χ1) is 17.4. The van der Waals surface area contributed by atoms with Crippen LogP contribution in [0.5, 0.6) is 0 Å². The Balaban J connectivity index is 0.000000221. The highest BCUT2D eigenvalue weighted by Crippen LogP contribution is 2.29. The third-order valence-electron chi connectivity index (χ3n) is 6.29. The van der Waals surface area contributed by atoms with Gasteiger partial charge in [-0.3, -0.25) is 4.98 Å². The van der Waals surface area contributed by atoms with Crippen molar-refractivity contribution in [2.45, 2.75) is 78.8 Å². The number of hydrogen-bond acceptors (Lipinski definition) is 1. The number of allylic oxidation sites excluding steroid dienone is 1. The van der Waals surface area contributed by atoms with E-state index in [1.165, 1.54) is 56.4 Å². The summed E-state index contributed by atoms with van der Waals surface area (Å²) in [5, 5.41) is 0. The topological polar surface area (TPSA) is 12.9 Å². The van der Waals surface area contributed by atoms with Crippen LogP contribution in [0.15, 0.2) is 73.4 Å². The molecule has 1 aromatic heterocycles. The molecule has 3 heteroatoms. The van der Waals surface area contributed by atoms with Crippen molar-refractivity contribution in [2.75, 3.05) is 6.67 Å². The van der Waals surface area contributed by atoms with Crippen LogP contribution in [-0.2, 0) is 24.9 Å². The van der Waals surface area contributed by atoms with E-state index in [1.807, 2.05) is 44.2 Å². The Kier molecular flexibility index (Phi) is 12.0. The van der Waals surface area contributed by atoms with Crippen molar-refractivity contribution in [1.82, 2.24) is 4.98 Å². The lowest BCUT2D eigenvalue weighted by molar-refractivity contribution is 0.142. The van der Waals surface area contributed by atoms with Gasteiger partial charge in [-0.05, 0) is 73.3 Å². The van der Waals surface area contributed by atoms with Gasteiger partial charge in [-0.1, -0.05) is 88.7 Å². The number of fused-ring (bicyclic) bond motifs is 1. The zero-order valence-corrected chi connectivity index (χ0v) is 22.8. The molecule has 1 unspecified atom stereocenters. The van der Waals surface area contributed by atoms with Crippen molar-refractivity contribution < 1.29 is 8.78 Å². The first-order valence-corrected chi connectivity index (χ1v) is 13.4. The second-order valence-electron chi connectivity index (χ2n) is 9.42. The first-order valence-electron chi connectivity index (χ1n) is 13.4. The van der Waals surface area contributed by atoms with Gasteiger partial charge in [-0.15, -0.1) is 6.58 Å². The maximum absolute atomic E-state index is 13.8. The van der Waals surface area contributed by atoms with Crippen LogP contribution < -0.4 is 0 Å². The lowest BCUT2D eigenvalue weighted by atomic mass is 10.00. The smallest absolute Gasteiger partial charge is 0.162 e. The average Bonchev–Trinajstić information content (AvgIpc) is 3.86. The summed E-state index contributed by atoms with van der Waals surface area (Å²) in [6.07, 6.45) is 11.0. The molecule has 0 saturated heterocycles. The van der Waals surface area contributed by atoms with Gasteiger partial charge in [0.05, 0.1) is 5.69 Å². The molecule has 0 N–H and O–H groups in total. The fourth-order valence-electron chi connectivity index (χ4n) is 3.59. The molecule has 0 spiro atoms. The number of pyridine rings is 1. The molecule has 3 aromatic rings. The van der Waals surface area contributed by atoms with Crippen molar-refractivity contribution in [3.05, 3.63) is 101 Å². The van der Waals surface area contributed by atoms with E-state index in [0.29, 0.717) is 0 Å². The van der Waals surface area contributed by atoms with Crippen LogP contribution in [0, 0.1) is 5.92 Å². The molecule has 194 valence electrons. The van der Waals surface area contributed by atoms with Crippen LogP contribution in [-0.4, -0.2) is 11.7 Å². The summed E-state index contributed by atoms with van der Waals surface area (Å²) >= 11 is 0. The molecule has 0 radical (unpaired) electrons. The molecule has 1 atom stereocenters. The minimum atomic E-state index is -1.96. The van der Waals surface area contributed by atoms with E-state index in [-0.39, 0.29) is 5.56 Å². The number of nitrogens with zero attached hydrogens (tertiary/aromatic N) is 1. The van der Waals surface area contributed by atoms with Crippen molar-refractivity contribution >= 4 is 0 Å². The van der Waals surface area contributed by atoms with E-state index in [4.69, 9.17) is 0 Å². The van der Waals surface area contributed by atoms with Crippen molar-refractivity contribution in [1.29, 1.82) is 0 Å². The lowest BCUT2D eigenvalue weighted by Crippen LogP contribution is -2.17. The molecule has 0 aliphatic heterocycles. The summed E-state index contributed by atoms with van der Waals surface area (Å²) in [6.45, 7) is 12.1. The highest BCUT2D eigenvalue weighted by Gasteiger charge is 2.26. The minimum absolute atomic E-state index is 0.268. The number of aromatic nitrogens is 1. The van der Waals surface area contributed by atoms with Crippen LogP contribution >= 0.6 is 0 Å². The maximum Gasteiger partial charge on any atom is 0.162 e. The SMILES string of the molecule is C=CC1CC1.CC.CCCc1ccc2c(c1)C2.CCc1ccc(-c2ccc(C(C)(F)CF)cn2)cc1. The predicted octanol–water partition coefficient (Wildman–Crippen LogP) is 9.62. The second kappa shape index (κ2) is 14.7. The summed E-state index contributed by atoms with van der Waals surface area (Å²) in [4.78, 5) is 4.21. The van der Waals surface area contributed by atoms with Gasteiger partial charge >= 0.3 is 0 Å².